The molecule has 0 aliphatic heterocycles. The first-order valence-corrected chi connectivity index (χ1v) is 7.76. The van der Waals surface area contributed by atoms with Gasteiger partial charge in [-0.25, -0.2) is 4.98 Å². The van der Waals surface area contributed by atoms with Gasteiger partial charge in [0.2, 0.25) is 5.78 Å². The normalized spacial score (nSPS) is 11.0. The van der Waals surface area contributed by atoms with E-state index in [-0.39, 0.29) is 22.7 Å². The highest BCUT2D eigenvalue weighted by Crippen LogP contribution is 2.24. The minimum absolute atomic E-state index is 0.0723. The number of aryl methyl sites for hydroxylation is 1. The van der Waals surface area contributed by atoms with Crippen molar-refractivity contribution in [2.75, 3.05) is 0 Å². The Hall–Kier alpha value is -2.47. The number of phenolic OH excluding ortho intramolecular Hbond substituents is 1. The van der Waals surface area contributed by atoms with Crippen LogP contribution in [0, 0.1) is 0 Å². The molecule has 0 saturated carbocycles. The maximum atomic E-state index is 12.5. The zero-order valence-corrected chi connectivity index (χ0v) is 12.8. The Labute approximate surface area is 130 Å². The third kappa shape index (κ3) is 2.53. The smallest absolute Gasteiger partial charge is 0.258 e. The summed E-state index contributed by atoms with van der Waals surface area (Å²) in [5.74, 6) is -0.387. The van der Waals surface area contributed by atoms with E-state index in [1.165, 1.54) is 22.7 Å². The molecule has 1 N–H and O–H groups in total. The van der Waals surface area contributed by atoms with Crippen LogP contribution >= 0.6 is 11.3 Å². The van der Waals surface area contributed by atoms with Crippen LogP contribution in [0.25, 0.3) is 4.96 Å². The van der Waals surface area contributed by atoms with E-state index < -0.39 is 0 Å². The highest BCUT2D eigenvalue weighted by molar-refractivity contribution is 7.19. The first kappa shape index (κ1) is 14.5. The van der Waals surface area contributed by atoms with Crippen LogP contribution in [0.3, 0.4) is 0 Å². The van der Waals surface area contributed by atoms with Crippen molar-refractivity contribution in [2.45, 2.75) is 19.8 Å². The lowest BCUT2D eigenvalue weighted by atomic mass is 10.1. The third-order valence-electron chi connectivity index (χ3n) is 3.30. The van der Waals surface area contributed by atoms with Crippen LogP contribution < -0.4 is 5.56 Å². The number of nitrogens with zero attached hydrogens (tertiary/aromatic N) is 2. The van der Waals surface area contributed by atoms with Gasteiger partial charge in [0.25, 0.3) is 5.56 Å². The van der Waals surface area contributed by atoms with Crippen LogP contribution in [0.15, 0.2) is 41.3 Å². The van der Waals surface area contributed by atoms with Crippen molar-refractivity contribution in [3.63, 3.8) is 0 Å². The summed E-state index contributed by atoms with van der Waals surface area (Å²) in [6.07, 6.45) is 3.11. The molecule has 112 valence electrons. The van der Waals surface area contributed by atoms with Gasteiger partial charge in [-0.1, -0.05) is 36.8 Å². The second-order valence-electron chi connectivity index (χ2n) is 4.93. The fraction of sp³-hybridized carbons (Fsp3) is 0.188. The Morgan fingerprint density at radius 3 is 2.86 bits per heavy atom. The number of benzene rings is 1. The maximum Gasteiger partial charge on any atom is 0.258 e. The summed E-state index contributed by atoms with van der Waals surface area (Å²) >= 11 is 1.15. The lowest BCUT2D eigenvalue weighted by molar-refractivity contribution is 0.103. The van der Waals surface area contributed by atoms with Crippen molar-refractivity contribution in [3.8, 4) is 5.75 Å². The van der Waals surface area contributed by atoms with Gasteiger partial charge in [-0.05, 0) is 18.6 Å². The molecule has 0 amide bonds. The molecule has 0 bridgehead atoms. The highest BCUT2D eigenvalue weighted by Gasteiger charge is 2.17. The van der Waals surface area contributed by atoms with E-state index in [0.29, 0.717) is 9.84 Å². The van der Waals surface area contributed by atoms with Crippen molar-refractivity contribution >= 4 is 22.1 Å². The summed E-state index contributed by atoms with van der Waals surface area (Å²) in [6, 6.07) is 7.85. The maximum absolute atomic E-state index is 12.5. The largest absolute Gasteiger partial charge is 0.507 e. The lowest BCUT2D eigenvalue weighted by Gasteiger charge is -1.99. The van der Waals surface area contributed by atoms with Crippen molar-refractivity contribution in [1.82, 2.24) is 9.38 Å². The average Bonchev–Trinajstić information content (AvgIpc) is 2.92. The molecule has 0 fully saturated rings. The van der Waals surface area contributed by atoms with E-state index in [1.54, 1.807) is 18.2 Å². The molecule has 0 unspecified atom stereocenters. The van der Waals surface area contributed by atoms with E-state index in [9.17, 15) is 14.7 Å². The molecule has 0 aliphatic carbocycles. The van der Waals surface area contributed by atoms with Crippen LogP contribution in [-0.2, 0) is 6.42 Å². The van der Waals surface area contributed by atoms with E-state index in [0.717, 1.165) is 29.9 Å². The number of aromatic nitrogens is 2. The number of thiazole rings is 1. The number of ketones is 1. The summed E-state index contributed by atoms with van der Waals surface area (Å²) < 4.78 is 1.37. The molecule has 2 aromatic heterocycles. The molecular weight excluding hydrogens is 300 g/mol. The second-order valence-corrected chi connectivity index (χ2v) is 5.94. The molecule has 6 heteroatoms. The van der Waals surface area contributed by atoms with Crippen molar-refractivity contribution < 1.29 is 9.90 Å². The predicted molar refractivity (Wildman–Crippen MR) is 84.9 cm³/mol. The first-order valence-electron chi connectivity index (χ1n) is 6.95. The van der Waals surface area contributed by atoms with Crippen molar-refractivity contribution in [3.05, 3.63) is 63.0 Å². The summed E-state index contributed by atoms with van der Waals surface area (Å²) in [5, 5.41) is 9.79. The molecule has 5 nitrogen and oxygen atoms in total. The monoisotopic (exact) mass is 314 g/mol. The summed E-state index contributed by atoms with van der Waals surface area (Å²) in [6.45, 7) is 2.02. The number of fused-ring (bicyclic) bond motifs is 1. The molecule has 0 atom stereocenters. The fourth-order valence-electron chi connectivity index (χ4n) is 2.24. The van der Waals surface area contributed by atoms with E-state index in [1.807, 2.05) is 6.92 Å². The molecule has 22 heavy (non-hydrogen) atoms. The second kappa shape index (κ2) is 5.73. The molecule has 3 aromatic rings. The molecule has 0 radical (unpaired) electrons. The van der Waals surface area contributed by atoms with Crippen LogP contribution in [0.5, 0.6) is 5.75 Å². The van der Waals surface area contributed by atoms with Crippen molar-refractivity contribution in [1.29, 1.82) is 0 Å². The van der Waals surface area contributed by atoms with Gasteiger partial charge in [0.1, 0.15) is 5.75 Å². The van der Waals surface area contributed by atoms with Gasteiger partial charge in [0.15, 0.2) is 4.96 Å². The average molecular weight is 314 g/mol. The van der Waals surface area contributed by atoms with Gasteiger partial charge in [0.05, 0.1) is 10.4 Å². The number of carbonyl (C=O) groups excluding carboxylic acids is 1. The highest BCUT2D eigenvalue weighted by atomic mass is 32.1. The summed E-state index contributed by atoms with van der Waals surface area (Å²) in [7, 11) is 0. The predicted octanol–water partition coefficient (Wildman–Crippen LogP) is 2.65. The number of hydrogen-bond acceptors (Lipinski definition) is 5. The number of aromatic hydroxyl groups is 1. The Balaban J connectivity index is 2.09. The van der Waals surface area contributed by atoms with Crippen LogP contribution in [0.2, 0.25) is 0 Å². The molecule has 2 heterocycles. The first-order chi connectivity index (χ1) is 10.6. The van der Waals surface area contributed by atoms with Gasteiger partial charge in [-0.2, -0.15) is 0 Å². The van der Waals surface area contributed by atoms with Crippen LogP contribution in [0.1, 0.15) is 34.3 Å². The Kier molecular flexibility index (Phi) is 3.77. The van der Waals surface area contributed by atoms with Gasteiger partial charge in [-0.3, -0.25) is 14.0 Å². The fourth-order valence-corrected chi connectivity index (χ4v) is 3.20. The molecule has 3 rings (SSSR count). The number of carbonyl (C=O) groups is 1. The minimum atomic E-state index is -0.315. The standard InChI is InChI=1S/C16H14N2O3S/c1-2-5-10-8-14(20)18-9-13(22-16(18)17-10)15(21)11-6-3-4-7-12(11)19/h3-4,6-9,19H,2,5H2,1H3. The number of rotatable bonds is 4. The molecular formula is C16H14N2O3S. The molecule has 0 aliphatic rings. The zero-order valence-electron chi connectivity index (χ0n) is 11.9. The summed E-state index contributed by atoms with van der Waals surface area (Å²) in [5.41, 5.74) is 0.757. The quantitative estimate of drug-likeness (QED) is 0.752. The third-order valence-corrected chi connectivity index (χ3v) is 4.28. The molecule has 0 spiro atoms. The number of phenols is 1. The Bertz CT molecular complexity index is 911. The minimum Gasteiger partial charge on any atom is -0.507 e. The topological polar surface area (TPSA) is 71.7 Å². The molecule has 0 saturated heterocycles. The van der Waals surface area contributed by atoms with Gasteiger partial charge >= 0.3 is 0 Å². The number of hydrogen-bond donors (Lipinski definition) is 1. The SMILES string of the molecule is CCCc1cc(=O)n2cc(C(=O)c3ccccc3O)sc2n1. The zero-order chi connectivity index (χ0) is 15.7. The van der Waals surface area contributed by atoms with Gasteiger partial charge < -0.3 is 5.11 Å². The Morgan fingerprint density at radius 1 is 1.36 bits per heavy atom. The van der Waals surface area contributed by atoms with Gasteiger partial charge in [0, 0.05) is 18.0 Å². The van der Waals surface area contributed by atoms with Crippen LogP contribution in [0.4, 0.5) is 0 Å². The summed E-state index contributed by atoms with van der Waals surface area (Å²) in [4.78, 5) is 29.8. The Morgan fingerprint density at radius 2 is 2.14 bits per heavy atom. The van der Waals surface area contributed by atoms with Crippen LogP contribution in [-0.4, -0.2) is 20.3 Å². The lowest BCUT2D eigenvalue weighted by Crippen LogP contribution is -2.13. The van der Waals surface area contributed by atoms with E-state index in [2.05, 4.69) is 4.98 Å². The van der Waals surface area contributed by atoms with E-state index >= 15 is 0 Å². The number of para-hydroxylation sites is 1. The van der Waals surface area contributed by atoms with Crippen molar-refractivity contribution in [2.24, 2.45) is 0 Å². The van der Waals surface area contributed by atoms with E-state index in [4.69, 9.17) is 0 Å². The molecule has 1 aromatic carbocycles. The van der Waals surface area contributed by atoms with Gasteiger partial charge in [-0.15, -0.1) is 0 Å².